The van der Waals surface area contributed by atoms with Gasteiger partial charge in [-0.2, -0.15) is 5.26 Å². The number of hydrogen-bond donors (Lipinski definition) is 3. The Morgan fingerprint density at radius 2 is 2.38 bits per heavy atom. The molecular formula is C17H19N7O2. The minimum atomic E-state index is -0.273. The highest BCUT2D eigenvalue weighted by molar-refractivity contribution is 6.00. The lowest BCUT2D eigenvalue weighted by atomic mass is 9.93. The van der Waals surface area contributed by atoms with Crippen molar-refractivity contribution in [2.24, 2.45) is 5.92 Å². The number of carbonyl (C=O) groups excluding carboxylic acids is 1. The number of pyridine rings is 1. The molecule has 1 fully saturated rings. The van der Waals surface area contributed by atoms with Crippen molar-refractivity contribution in [3.05, 3.63) is 28.9 Å². The molecule has 3 N–H and O–H groups in total. The third-order valence-electron chi connectivity index (χ3n) is 5.12. The van der Waals surface area contributed by atoms with Crippen molar-refractivity contribution in [2.45, 2.75) is 19.4 Å². The zero-order valence-corrected chi connectivity index (χ0v) is 14.3. The molecule has 0 spiro atoms. The third kappa shape index (κ3) is 2.50. The van der Waals surface area contributed by atoms with E-state index in [9.17, 15) is 9.59 Å². The average Bonchev–Trinajstić information content (AvgIpc) is 3.23. The van der Waals surface area contributed by atoms with E-state index in [2.05, 4.69) is 27.2 Å². The Kier molecular flexibility index (Phi) is 3.88. The number of likely N-dealkylation sites (tertiary alicyclic amines) is 1. The van der Waals surface area contributed by atoms with Crippen LogP contribution in [0, 0.1) is 17.2 Å². The zero-order chi connectivity index (χ0) is 18.3. The standard InChI is InChI=1S/C17H19N7O2/c1-10-3-7-23(16(25)20-6-4-18)9-13(10)24-14-11-2-5-19-15(11)21-8-12(14)22-17(24)26/h2,5,8,10,13H,3,6-7,9H2,1H3,(H,19,21)(H,20,25)(H,22,26). The van der Waals surface area contributed by atoms with Gasteiger partial charge in [0.1, 0.15) is 12.2 Å². The van der Waals surface area contributed by atoms with Crippen molar-refractivity contribution in [3.63, 3.8) is 0 Å². The maximum absolute atomic E-state index is 12.7. The summed E-state index contributed by atoms with van der Waals surface area (Å²) in [5, 5.41) is 12.1. The number of nitrogens with one attached hydrogen (secondary N) is 3. The summed E-state index contributed by atoms with van der Waals surface area (Å²) in [6.07, 6.45) is 4.23. The number of aromatic amines is 2. The first-order chi connectivity index (χ1) is 12.6. The highest BCUT2D eigenvalue weighted by Gasteiger charge is 2.32. The van der Waals surface area contributed by atoms with Crippen LogP contribution in [0.3, 0.4) is 0 Å². The van der Waals surface area contributed by atoms with E-state index < -0.39 is 0 Å². The smallest absolute Gasteiger partial charge is 0.326 e. The van der Waals surface area contributed by atoms with Crippen molar-refractivity contribution >= 4 is 28.1 Å². The highest BCUT2D eigenvalue weighted by atomic mass is 16.2. The van der Waals surface area contributed by atoms with Crippen molar-refractivity contribution in [1.29, 1.82) is 5.26 Å². The SMILES string of the molecule is CC1CCN(C(=O)NCC#N)CC1n1c(=O)[nH]c2cnc3[nH]ccc3c21. The van der Waals surface area contributed by atoms with Gasteiger partial charge in [0.15, 0.2) is 0 Å². The molecule has 1 aliphatic rings. The number of nitriles is 1. The molecule has 2 unspecified atom stereocenters. The van der Waals surface area contributed by atoms with E-state index in [0.717, 1.165) is 23.0 Å². The number of nitrogens with zero attached hydrogens (tertiary/aromatic N) is 4. The first-order valence-electron chi connectivity index (χ1n) is 8.56. The lowest BCUT2D eigenvalue weighted by molar-refractivity contribution is 0.141. The van der Waals surface area contributed by atoms with E-state index in [1.165, 1.54) is 0 Å². The Morgan fingerprint density at radius 1 is 1.54 bits per heavy atom. The number of fused-ring (bicyclic) bond motifs is 3. The molecule has 9 nitrogen and oxygen atoms in total. The first kappa shape index (κ1) is 16.2. The number of piperidine rings is 1. The van der Waals surface area contributed by atoms with E-state index in [0.29, 0.717) is 18.6 Å². The Bertz CT molecular complexity index is 1070. The summed E-state index contributed by atoms with van der Waals surface area (Å²) in [7, 11) is 0. The van der Waals surface area contributed by atoms with Crippen LogP contribution in [0.1, 0.15) is 19.4 Å². The van der Waals surface area contributed by atoms with Crippen molar-refractivity contribution in [3.8, 4) is 6.07 Å². The Balaban J connectivity index is 1.77. The van der Waals surface area contributed by atoms with Crippen LogP contribution in [0.15, 0.2) is 23.3 Å². The van der Waals surface area contributed by atoms with Crippen LogP contribution in [0.2, 0.25) is 0 Å². The summed E-state index contributed by atoms with van der Waals surface area (Å²) >= 11 is 0. The lowest BCUT2D eigenvalue weighted by Crippen LogP contribution is -2.49. The number of urea groups is 1. The second kappa shape index (κ2) is 6.22. The number of carbonyl (C=O) groups is 1. The molecule has 26 heavy (non-hydrogen) atoms. The van der Waals surface area contributed by atoms with Gasteiger partial charge in [0.2, 0.25) is 0 Å². The number of aromatic nitrogens is 4. The van der Waals surface area contributed by atoms with Crippen molar-refractivity contribution in [2.75, 3.05) is 19.6 Å². The van der Waals surface area contributed by atoms with Crippen LogP contribution < -0.4 is 11.0 Å². The summed E-state index contributed by atoms with van der Waals surface area (Å²) in [6, 6.07) is 3.38. The van der Waals surface area contributed by atoms with Gasteiger partial charge in [-0.3, -0.25) is 4.57 Å². The minimum Gasteiger partial charge on any atom is -0.346 e. The topological polar surface area (TPSA) is 123 Å². The molecule has 1 aliphatic heterocycles. The van der Waals surface area contributed by atoms with Gasteiger partial charge >= 0.3 is 11.7 Å². The lowest BCUT2D eigenvalue weighted by Gasteiger charge is -2.37. The minimum absolute atomic E-state index is 0.0295. The average molecular weight is 353 g/mol. The van der Waals surface area contributed by atoms with Crippen LogP contribution in [-0.2, 0) is 0 Å². The van der Waals surface area contributed by atoms with Gasteiger partial charge in [-0.05, 0) is 18.4 Å². The molecule has 0 aliphatic carbocycles. The first-order valence-corrected chi connectivity index (χ1v) is 8.56. The predicted octanol–water partition coefficient (Wildman–Crippen LogP) is 1.32. The molecule has 0 radical (unpaired) electrons. The maximum Gasteiger partial charge on any atom is 0.326 e. The van der Waals surface area contributed by atoms with Gasteiger partial charge in [0.25, 0.3) is 0 Å². The molecule has 4 heterocycles. The molecule has 3 aromatic rings. The van der Waals surface area contributed by atoms with Crippen LogP contribution in [0.25, 0.3) is 22.1 Å². The van der Waals surface area contributed by atoms with Gasteiger partial charge in [-0.15, -0.1) is 0 Å². The quantitative estimate of drug-likeness (QED) is 0.601. The van der Waals surface area contributed by atoms with Crippen molar-refractivity contribution in [1.82, 2.24) is 29.7 Å². The molecule has 1 saturated heterocycles. The van der Waals surface area contributed by atoms with Gasteiger partial charge < -0.3 is 20.2 Å². The Morgan fingerprint density at radius 3 is 3.19 bits per heavy atom. The van der Waals surface area contributed by atoms with Crippen LogP contribution in [0.4, 0.5) is 4.79 Å². The monoisotopic (exact) mass is 353 g/mol. The fourth-order valence-corrected chi connectivity index (χ4v) is 3.73. The Hall–Kier alpha value is -3.28. The molecule has 0 saturated carbocycles. The number of amides is 2. The fraction of sp³-hybridized carbons (Fsp3) is 0.412. The van der Waals surface area contributed by atoms with Gasteiger partial charge in [0.05, 0.1) is 29.3 Å². The molecular weight excluding hydrogens is 334 g/mol. The van der Waals surface area contributed by atoms with Crippen LogP contribution in [0.5, 0.6) is 0 Å². The van der Waals surface area contributed by atoms with Gasteiger partial charge in [0, 0.05) is 24.7 Å². The molecule has 0 aromatic carbocycles. The van der Waals surface area contributed by atoms with E-state index in [-0.39, 0.29) is 30.2 Å². The summed E-state index contributed by atoms with van der Waals surface area (Å²) in [5.74, 6) is 0.230. The summed E-state index contributed by atoms with van der Waals surface area (Å²) < 4.78 is 1.75. The molecule has 0 bridgehead atoms. The molecule has 9 heteroatoms. The van der Waals surface area contributed by atoms with Crippen LogP contribution in [-0.4, -0.2) is 50.1 Å². The second-order valence-corrected chi connectivity index (χ2v) is 6.66. The molecule has 2 amide bonds. The molecule has 134 valence electrons. The number of rotatable bonds is 2. The largest absolute Gasteiger partial charge is 0.346 e. The highest BCUT2D eigenvalue weighted by Crippen LogP contribution is 2.31. The van der Waals surface area contributed by atoms with E-state index in [4.69, 9.17) is 5.26 Å². The third-order valence-corrected chi connectivity index (χ3v) is 5.12. The normalized spacial score (nSPS) is 20.4. The summed E-state index contributed by atoms with van der Waals surface area (Å²) in [5.41, 5.74) is 2.00. The molecule has 3 aromatic heterocycles. The molecule has 2 atom stereocenters. The number of imidazole rings is 1. The van der Waals surface area contributed by atoms with E-state index in [1.807, 2.05) is 12.1 Å². The van der Waals surface area contributed by atoms with E-state index in [1.54, 1.807) is 21.9 Å². The van der Waals surface area contributed by atoms with Crippen LogP contribution >= 0.6 is 0 Å². The zero-order valence-electron chi connectivity index (χ0n) is 14.3. The van der Waals surface area contributed by atoms with Gasteiger partial charge in [-0.1, -0.05) is 6.92 Å². The number of hydrogen-bond acceptors (Lipinski definition) is 4. The molecule has 4 rings (SSSR count). The van der Waals surface area contributed by atoms with Gasteiger partial charge in [-0.25, -0.2) is 14.6 Å². The Labute approximate surface area is 148 Å². The fourth-order valence-electron chi connectivity index (χ4n) is 3.73. The maximum atomic E-state index is 12.7. The van der Waals surface area contributed by atoms with E-state index >= 15 is 0 Å². The van der Waals surface area contributed by atoms with Crippen molar-refractivity contribution < 1.29 is 4.79 Å². The summed E-state index contributed by atoms with van der Waals surface area (Å²) in [4.78, 5) is 36.9. The number of H-pyrrole nitrogens is 2. The second-order valence-electron chi connectivity index (χ2n) is 6.66. The summed E-state index contributed by atoms with van der Waals surface area (Å²) in [6.45, 7) is 3.08. The predicted molar refractivity (Wildman–Crippen MR) is 95.6 cm³/mol.